The van der Waals surface area contributed by atoms with Gasteiger partial charge in [-0.2, -0.15) is 4.98 Å². The molecule has 0 aliphatic carbocycles. The van der Waals surface area contributed by atoms with Gasteiger partial charge in [-0.15, -0.1) is 0 Å². The summed E-state index contributed by atoms with van der Waals surface area (Å²) < 4.78 is 7.66. The smallest absolute Gasteiger partial charge is 0.280 e. The van der Waals surface area contributed by atoms with Gasteiger partial charge in [-0.3, -0.25) is 14.3 Å². The van der Waals surface area contributed by atoms with Crippen LogP contribution in [0.5, 0.6) is 0 Å². The van der Waals surface area contributed by atoms with Gasteiger partial charge < -0.3 is 10.5 Å². The Labute approximate surface area is 103 Å². The molecule has 0 saturated carbocycles. The number of nitrogens with two attached hydrogens (primary N) is 1. The van der Waals surface area contributed by atoms with Crippen molar-refractivity contribution >= 4 is 17.1 Å². The van der Waals surface area contributed by atoms with Crippen LogP contribution in [0.4, 0.5) is 5.95 Å². The molecule has 0 radical (unpaired) electrons. The predicted molar refractivity (Wildman–Crippen MR) is 66.0 cm³/mol. The van der Waals surface area contributed by atoms with E-state index in [1.165, 1.54) is 0 Å². The first-order valence-electron chi connectivity index (χ1n) is 6.07. The van der Waals surface area contributed by atoms with E-state index in [9.17, 15) is 4.79 Å². The Bertz CT molecular complexity index is 632. The van der Waals surface area contributed by atoms with Crippen LogP contribution in [0.2, 0.25) is 0 Å². The standard InChI is InChI=1S/C11H15N5O2/c1-2-6-3-4-7(18-6)16-5-13-8-9(16)14-11(12)15-10(8)17/h5-7H,2-4H2,1H3,(H3,12,14,15,17)/t6-,7?/m1/s1. The molecule has 2 aromatic rings. The SMILES string of the molecule is CC[C@@H]1CCC(n2cnc3c(=O)[nH]c(N)nc32)O1. The molecule has 7 nitrogen and oxygen atoms in total. The molecule has 1 saturated heterocycles. The Kier molecular flexibility index (Phi) is 2.55. The molecule has 0 bridgehead atoms. The minimum absolute atomic E-state index is 0.0966. The number of rotatable bonds is 2. The van der Waals surface area contributed by atoms with Crippen molar-refractivity contribution in [1.82, 2.24) is 19.5 Å². The lowest BCUT2D eigenvalue weighted by atomic mass is 10.2. The zero-order chi connectivity index (χ0) is 12.7. The van der Waals surface area contributed by atoms with Gasteiger partial charge in [0.05, 0.1) is 12.4 Å². The number of nitrogens with one attached hydrogen (secondary N) is 1. The number of H-pyrrole nitrogens is 1. The summed E-state index contributed by atoms with van der Waals surface area (Å²) in [6, 6.07) is 0. The molecule has 0 aromatic carbocycles. The highest BCUT2D eigenvalue weighted by Crippen LogP contribution is 2.31. The summed E-state index contributed by atoms with van der Waals surface area (Å²) in [5.74, 6) is 0.0966. The third-order valence-corrected chi connectivity index (χ3v) is 3.30. The van der Waals surface area contributed by atoms with E-state index >= 15 is 0 Å². The fourth-order valence-corrected chi connectivity index (χ4v) is 2.35. The summed E-state index contributed by atoms with van der Waals surface area (Å²) in [6.07, 6.45) is 4.66. The van der Waals surface area contributed by atoms with Crippen LogP contribution in [-0.4, -0.2) is 25.6 Å². The van der Waals surface area contributed by atoms with E-state index in [0.29, 0.717) is 11.2 Å². The maximum atomic E-state index is 11.7. The minimum Gasteiger partial charge on any atom is -0.369 e. The molecule has 2 atom stereocenters. The summed E-state index contributed by atoms with van der Waals surface area (Å²) in [6.45, 7) is 2.10. The van der Waals surface area contributed by atoms with Crippen molar-refractivity contribution in [3.63, 3.8) is 0 Å². The zero-order valence-corrected chi connectivity index (χ0v) is 10.1. The van der Waals surface area contributed by atoms with Crippen molar-refractivity contribution in [1.29, 1.82) is 0 Å². The van der Waals surface area contributed by atoms with Crippen LogP contribution in [-0.2, 0) is 4.74 Å². The maximum absolute atomic E-state index is 11.7. The van der Waals surface area contributed by atoms with Gasteiger partial charge in [0.25, 0.3) is 5.56 Å². The zero-order valence-electron chi connectivity index (χ0n) is 10.1. The van der Waals surface area contributed by atoms with E-state index in [0.717, 1.165) is 19.3 Å². The molecule has 96 valence electrons. The minimum atomic E-state index is -0.318. The predicted octanol–water partition coefficient (Wildman–Crippen LogP) is 0.789. The van der Waals surface area contributed by atoms with E-state index in [-0.39, 0.29) is 23.8 Å². The van der Waals surface area contributed by atoms with E-state index in [2.05, 4.69) is 21.9 Å². The fourth-order valence-electron chi connectivity index (χ4n) is 2.35. The second kappa shape index (κ2) is 4.09. The number of fused-ring (bicyclic) bond motifs is 1. The molecule has 1 aliphatic rings. The number of anilines is 1. The average Bonchev–Trinajstić information content (AvgIpc) is 2.93. The number of nitrogen functional groups attached to an aromatic ring is 1. The first kappa shape index (κ1) is 11.2. The Morgan fingerprint density at radius 2 is 2.44 bits per heavy atom. The molecular weight excluding hydrogens is 234 g/mol. The number of hydrogen-bond acceptors (Lipinski definition) is 5. The van der Waals surface area contributed by atoms with Crippen molar-refractivity contribution < 1.29 is 4.74 Å². The lowest BCUT2D eigenvalue weighted by Gasteiger charge is -2.14. The van der Waals surface area contributed by atoms with Crippen LogP contribution in [0.25, 0.3) is 11.2 Å². The van der Waals surface area contributed by atoms with Crippen molar-refractivity contribution in [3.8, 4) is 0 Å². The van der Waals surface area contributed by atoms with Crippen LogP contribution in [0.1, 0.15) is 32.4 Å². The molecular formula is C11H15N5O2. The summed E-state index contributed by atoms with van der Waals surface area (Å²) in [4.78, 5) is 22.3. The topological polar surface area (TPSA) is 98.8 Å². The van der Waals surface area contributed by atoms with Crippen molar-refractivity contribution in [2.45, 2.75) is 38.5 Å². The van der Waals surface area contributed by atoms with Gasteiger partial charge in [0.1, 0.15) is 6.23 Å². The van der Waals surface area contributed by atoms with Crippen LogP contribution in [0.3, 0.4) is 0 Å². The van der Waals surface area contributed by atoms with Gasteiger partial charge in [0.2, 0.25) is 5.95 Å². The van der Waals surface area contributed by atoms with Crippen LogP contribution in [0.15, 0.2) is 11.1 Å². The van der Waals surface area contributed by atoms with E-state index in [4.69, 9.17) is 10.5 Å². The lowest BCUT2D eigenvalue weighted by Crippen LogP contribution is -2.14. The van der Waals surface area contributed by atoms with E-state index in [1.54, 1.807) is 10.9 Å². The quantitative estimate of drug-likeness (QED) is 0.819. The maximum Gasteiger partial charge on any atom is 0.280 e. The molecule has 0 spiro atoms. The number of imidazole rings is 1. The van der Waals surface area contributed by atoms with E-state index in [1.807, 2.05) is 0 Å². The normalized spacial score (nSPS) is 23.8. The highest BCUT2D eigenvalue weighted by atomic mass is 16.5. The Morgan fingerprint density at radius 1 is 1.61 bits per heavy atom. The number of nitrogens with zero attached hydrogens (tertiary/aromatic N) is 3. The molecule has 3 N–H and O–H groups in total. The largest absolute Gasteiger partial charge is 0.369 e. The number of ether oxygens (including phenoxy) is 1. The Balaban J connectivity index is 2.05. The van der Waals surface area contributed by atoms with Crippen molar-refractivity contribution in [3.05, 3.63) is 16.7 Å². The van der Waals surface area contributed by atoms with Gasteiger partial charge in [-0.25, -0.2) is 4.98 Å². The van der Waals surface area contributed by atoms with Gasteiger partial charge in [-0.1, -0.05) is 6.92 Å². The highest BCUT2D eigenvalue weighted by molar-refractivity contribution is 5.70. The molecule has 3 rings (SSSR count). The molecule has 0 amide bonds. The summed E-state index contributed by atoms with van der Waals surface area (Å²) >= 11 is 0. The van der Waals surface area contributed by atoms with Gasteiger partial charge >= 0.3 is 0 Å². The fraction of sp³-hybridized carbons (Fsp3) is 0.545. The van der Waals surface area contributed by atoms with Crippen LogP contribution < -0.4 is 11.3 Å². The van der Waals surface area contributed by atoms with Gasteiger partial charge in [0, 0.05) is 0 Å². The molecule has 7 heteroatoms. The highest BCUT2D eigenvalue weighted by Gasteiger charge is 2.27. The molecule has 1 aliphatic heterocycles. The number of aromatic amines is 1. The third kappa shape index (κ3) is 1.67. The molecule has 1 unspecified atom stereocenters. The number of aromatic nitrogens is 4. The average molecular weight is 249 g/mol. The Morgan fingerprint density at radius 3 is 3.17 bits per heavy atom. The first-order valence-corrected chi connectivity index (χ1v) is 6.07. The monoisotopic (exact) mass is 249 g/mol. The number of hydrogen-bond donors (Lipinski definition) is 2. The van der Waals surface area contributed by atoms with Crippen LogP contribution in [0, 0.1) is 0 Å². The van der Waals surface area contributed by atoms with Gasteiger partial charge in [-0.05, 0) is 19.3 Å². The third-order valence-electron chi connectivity index (χ3n) is 3.30. The molecule has 18 heavy (non-hydrogen) atoms. The molecule has 3 heterocycles. The second-order valence-corrected chi connectivity index (χ2v) is 4.47. The van der Waals surface area contributed by atoms with Crippen molar-refractivity contribution in [2.24, 2.45) is 0 Å². The van der Waals surface area contributed by atoms with E-state index < -0.39 is 0 Å². The molecule has 1 fully saturated rings. The summed E-state index contributed by atoms with van der Waals surface area (Å²) in [7, 11) is 0. The first-order chi connectivity index (χ1) is 8.69. The van der Waals surface area contributed by atoms with Crippen LogP contribution >= 0.6 is 0 Å². The summed E-state index contributed by atoms with van der Waals surface area (Å²) in [5, 5.41) is 0. The van der Waals surface area contributed by atoms with Gasteiger partial charge in [0.15, 0.2) is 11.2 Å². The second-order valence-electron chi connectivity index (χ2n) is 4.47. The lowest BCUT2D eigenvalue weighted by molar-refractivity contribution is 0.00290. The molecule has 2 aromatic heterocycles. The van der Waals surface area contributed by atoms with Crippen molar-refractivity contribution in [2.75, 3.05) is 5.73 Å². The summed E-state index contributed by atoms with van der Waals surface area (Å²) in [5.41, 5.74) is 6.02. The Hall–Kier alpha value is -1.89.